The quantitative estimate of drug-likeness (QED) is 0.791. The number of benzene rings is 1. The summed E-state index contributed by atoms with van der Waals surface area (Å²) in [4.78, 5) is 12.1. The van der Waals surface area contributed by atoms with E-state index in [2.05, 4.69) is 15.7 Å². The van der Waals surface area contributed by atoms with Crippen LogP contribution in [0.5, 0.6) is 0 Å². The summed E-state index contributed by atoms with van der Waals surface area (Å²) >= 11 is 6.22. The average Bonchev–Trinajstić information content (AvgIpc) is 3.00. The highest BCUT2D eigenvalue weighted by atomic mass is 35.5. The molecule has 1 aromatic carbocycles. The lowest BCUT2D eigenvalue weighted by atomic mass is 10.1. The van der Waals surface area contributed by atoms with Crippen LogP contribution in [0, 0.1) is 5.92 Å². The zero-order chi connectivity index (χ0) is 16.1. The number of aliphatic hydroxyl groups excluding tert-OH is 1. The summed E-state index contributed by atoms with van der Waals surface area (Å²) in [5.74, 6) is -0.0318. The summed E-state index contributed by atoms with van der Waals surface area (Å²) in [5, 5.41) is 19.3. The molecule has 0 saturated carbocycles. The summed E-state index contributed by atoms with van der Waals surface area (Å²) < 4.78 is 1.59. The van der Waals surface area contributed by atoms with E-state index in [4.69, 9.17) is 16.7 Å². The molecule has 7 heteroatoms. The van der Waals surface area contributed by atoms with E-state index in [0.29, 0.717) is 16.4 Å². The van der Waals surface area contributed by atoms with E-state index < -0.39 is 0 Å². The van der Waals surface area contributed by atoms with Gasteiger partial charge in [0.1, 0.15) is 5.69 Å². The molecule has 0 bridgehead atoms. The predicted molar refractivity (Wildman–Crippen MR) is 86.4 cm³/mol. The highest BCUT2D eigenvalue weighted by Crippen LogP contribution is 2.27. The molecule has 0 saturated heterocycles. The Kier molecular flexibility index (Phi) is 5.41. The van der Waals surface area contributed by atoms with Gasteiger partial charge < -0.3 is 15.7 Å². The third-order valence-corrected chi connectivity index (χ3v) is 3.77. The van der Waals surface area contributed by atoms with Crippen LogP contribution in [0.1, 0.15) is 13.8 Å². The lowest BCUT2D eigenvalue weighted by Crippen LogP contribution is -2.41. The Morgan fingerprint density at radius 1 is 1.41 bits per heavy atom. The van der Waals surface area contributed by atoms with Crippen molar-refractivity contribution in [2.45, 2.75) is 19.9 Å². The Labute approximate surface area is 134 Å². The molecule has 22 heavy (non-hydrogen) atoms. The number of amides is 2. The van der Waals surface area contributed by atoms with Crippen molar-refractivity contribution in [1.82, 2.24) is 15.1 Å². The van der Waals surface area contributed by atoms with Gasteiger partial charge in [-0.05, 0) is 31.0 Å². The van der Waals surface area contributed by atoms with Crippen molar-refractivity contribution in [2.75, 3.05) is 11.9 Å². The zero-order valence-electron chi connectivity index (χ0n) is 12.5. The number of aliphatic hydroxyl groups is 1. The summed E-state index contributed by atoms with van der Waals surface area (Å²) in [7, 11) is 0. The fourth-order valence-corrected chi connectivity index (χ4v) is 2.18. The maximum absolute atomic E-state index is 12.1. The van der Waals surface area contributed by atoms with Gasteiger partial charge in [-0.2, -0.15) is 5.10 Å². The van der Waals surface area contributed by atoms with E-state index in [1.807, 2.05) is 13.8 Å². The van der Waals surface area contributed by atoms with Crippen molar-refractivity contribution < 1.29 is 9.90 Å². The van der Waals surface area contributed by atoms with Crippen molar-refractivity contribution in [3.8, 4) is 5.69 Å². The van der Waals surface area contributed by atoms with E-state index >= 15 is 0 Å². The fourth-order valence-electron chi connectivity index (χ4n) is 1.92. The number of nitrogens with one attached hydrogen (secondary N) is 2. The van der Waals surface area contributed by atoms with Gasteiger partial charge in [-0.1, -0.05) is 24.6 Å². The number of carbonyl (C=O) groups excluding carboxylic acids is 1. The molecule has 3 N–H and O–H groups in total. The van der Waals surface area contributed by atoms with Gasteiger partial charge in [-0.15, -0.1) is 0 Å². The van der Waals surface area contributed by atoms with Crippen LogP contribution < -0.4 is 10.6 Å². The Morgan fingerprint density at radius 3 is 2.82 bits per heavy atom. The molecule has 2 atom stereocenters. The van der Waals surface area contributed by atoms with Crippen molar-refractivity contribution in [2.24, 2.45) is 5.92 Å². The standard InChI is InChI=1S/C15H19ClN4O2/c1-10(9-21)11(2)18-15(22)19-13-6-3-5-12(16)14(13)20-8-4-7-17-20/h3-8,10-11,21H,9H2,1-2H3,(H2,18,19,22). The lowest BCUT2D eigenvalue weighted by molar-refractivity contribution is 0.204. The number of carbonyl (C=O) groups is 1. The second kappa shape index (κ2) is 7.29. The Hall–Kier alpha value is -2.05. The van der Waals surface area contributed by atoms with E-state index in [0.717, 1.165) is 0 Å². The van der Waals surface area contributed by atoms with E-state index in [1.54, 1.807) is 41.3 Å². The van der Waals surface area contributed by atoms with E-state index in [-0.39, 0.29) is 24.6 Å². The zero-order valence-corrected chi connectivity index (χ0v) is 13.2. The Morgan fingerprint density at radius 2 is 2.18 bits per heavy atom. The molecule has 0 radical (unpaired) electrons. The van der Waals surface area contributed by atoms with E-state index in [9.17, 15) is 4.79 Å². The van der Waals surface area contributed by atoms with Gasteiger partial charge in [0.15, 0.2) is 0 Å². The summed E-state index contributed by atoms with van der Waals surface area (Å²) in [6.07, 6.45) is 3.39. The maximum atomic E-state index is 12.1. The first-order valence-corrected chi connectivity index (χ1v) is 7.37. The number of para-hydroxylation sites is 1. The molecule has 1 aromatic heterocycles. The highest BCUT2D eigenvalue weighted by molar-refractivity contribution is 6.33. The maximum Gasteiger partial charge on any atom is 0.319 e. The van der Waals surface area contributed by atoms with Gasteiger partial charge >= 0.3 is 6.03 Å². The van der Waals surface area contributed by atoms with Gasteiger partial charge in [-0.25, -0.2) is 9.48 Å². The van der Waals surface area contributed by atoms with Crippen LogP contribution >= 0.6 is 11.6 Å². The van der Waals surface area contributed by atoms with Crippen LogP contribution in [-0.4, -0.2) is 33.6 Å². The second-order valence-corrected chi connectivity index (χ2v) is 5.54. The smallest absolute Gasteiger partial charge is 0.319 e. The molecular formula is C15H19ClN4O2. The Bertz CT molecular complexity index is 630. The average molecular weight is 323 g/mol. The third kappa shape index (κ3) is 3.78. The van der Waals surface area contributed by atoms with Crippen LogP contribution in [0.25, 0.3) is 5.69 Å². The van der Waals surface area contributed by atoms with Crippen molar-refractivity contribution >= 4 is 23.3 Å². The summed E-state index contributed by atoms with van der Waals surface area (Å²) in [6, 6.07) is 6.50. The molecule has 1 heterocycles. The van der Waals surface area contributed by atoms with Crippen LogP contribution in [0.15, 0.2) is 36.7 Å². The minimum Gasteiger partial charge on any atom is -0.396 e. The van der Waals surface area contributed by atoms with Gasteiger partial charge in [-0.3, -0.25) is 0 Å². The number of hydrogen-bond donors (Lipinski definition) is 3. The summed E-state index contributed by atoms with van der Waals surface area (Å²) in [6.45, 7) is 3.71. The molecular weight excluding hydrogens is 304 g/mol. The molecule has 2 rings (SSSR count). The van der Waals surface area contributed by atoms with Gasteiger partial charge in [0, 0.05) is 25.0 Å². The Balaban J connectivity index is 2.17. The second-order valence-electron chi connectivity index (χ2n) is 5.13. The van der Waals surface area contributed by atoms with E-state index in [1.165, 1.54) is 0 Å². The third-order valence-electron chi connectivity index (χ3n) is 3.47. The topological polar surface area (TPSA) is 79.2 Å². The van der Waals surface area contributed by atoms with Crippen LogP contribution in [0.3, 0.4) is 0 Å². The molecule has 6 nitrogen and oxygen atoms in total. The first-order valence-electron chi connectivity index (χ1n) is 6.99. The van der Waals surface area contributed by atoms with Crippen molar-refractivity contribution in [1.29, 1.82) is 0 Å². The molecule has 0 fully saturated rings. The van der Waals surface area contributed by atoms with Gasteiger partial charge in [0.05, 0.1) is 10.7 Å². The molecule has 118 valence electrons. The number of urea groups is 1. The first-order chi connectivity index (χ1) is 10.5. The molecule has 0 spiro atoms. The molecule has 2 amide bonds. The van der Waals surface area contributed by atoms with Crippen molar-refractivity contribution in [3.63, 3.8) is 0 Å². The SMILES string of the molecule is CC(CO)C(C)NC(=O)Nc1cccc(Cl)c1-n1cccn1. The number of hydrogen-bond acceptors (Lipinski definition) is 3. The number of anilines is 1. The first kappa shape index (κ1) is 16.3. The van der Waals surface area contributed by atoms with Crippen molar-refractivity contribution in [3.05, 3.63) is 41.7 Å². The molecule has 2 unspecified atom stereocenters. The molecule has 0 aliphatic carbocycles. The van der Waals surface area contributed by atoms with Crippen LogP contribution in [0.2, 0.25) is 5.02 Å². The monoisotopic (exact) mass is 322 g/mol. The minimum atomic E-state index is -0.358. The highest BCUT2D eigenvalue weighted by Gasteiger charge is 2.16. The minimum absolute atomic E-state index is 0.0111. The molecule has 0 aliphatic heterocycles. The van der Waals surface area contributed by atoms with Crippen LogP contribution in [0.4, 0.5) is 10.5 Å². The lowest BCUT2D eigenvalue weighted by Gasteiger charge is -2.20. The van der Waals surface area contributed by atoms with Gasteiger partial charge in [0.25, 0.3) is 0 Å². The number of nitrogens with zero attached hydrogens (tertiary/aromatic N) is 2. The largest absolute Gasteiger partial charge is 0.396 e. The predicted octanol–water partition coefficient (Wildman–Crippen LogP) is 2.66. The van der Waals surface area contributed by atoms with Gasteiger partial charge in [0.2, 0.25) is 0 Å². The normalized spacial score (nSPS) is 13.5. The number of rotatable bonds is 5. The molecule has 2 aromatic rings. The fraction of sp³-hybridized carbons (Fsp3) is 0.333. The summed E-state index contributed by atoms with van der Waals surface area (Å²) in [5.41, 5.74) is 1.16. The molecule has 0 aliphatic rings. The number of aromatic nitrogens is 2. The number of halogens is 1. The van der Waals surface area contributed by atoms with Crippen LogP contribution in [-0.2, 0) is 0 Å².